The summed E-state index contributed by atoms with van der Waals surface area (Å²) >= 11 is 0. The van der Waals surface area contributed by atoms with Crippen LogP contribution in [0.4, 0.5) is 5.69 Å². The first-order valence-corrected chi connectivity index (χ1v) is 7.02. The predicted molar refractivity (Wildman–Crippen MR) is 75.9 cm³/mol. The Hall–Kier alpha value is -1.22. The summed E-state index contributed by atoms with van der Waals surface area (Å²) in [4.78, 5) is 2.57. The number of anilines is 1. The van der Waals surface area contributed by atoms with Gasteiger partial charge in [-0.05, 0) is 37.9 Å². The smallest absolute Gasteiger partial charge is 0.121 e. The molecule has 18 heavy (non-hydrogen) atoms. The fourth-order valence-corrected chi connectivity index (χ4v) is 2.16. The fraction of sp³-hybridized carbons (Fsp3) is 0.600. The quantitative estimate of drug-likeness (QED) is 0.719. The molecule has 3 nitrogen and oxygen atoms in total. The number of nitrogens with two attached hydrogens (primary N) is 1. The third-order valence-corrected chi connectivity index (χ3v) is 3.37. The average molecular weight is 248 g/mol. The Labute approximate surface area is 110 Å². The lowest BCUT2D eigenvalue weighted by molar-refractivity contribution is 0.199. The molecule has 0 unspecified atom stereocenters. The minimum atomic E-state index is 0.754. The Bertz CT molecular complexity index is 363. The van der Waals surface area contributed by atoms with Crippen molar-refractivity contribution in [3.05, 3.63) is 24.3 Å². The van der Waals surface area contributed by atoms with Crippen LogP contribution < -0.4 is 10.5 Å². The molecule has 0 heterocycles. The predicted octanol–water partition coefficient (Wildman–Crippen LogP) is 2.91. The average Bonchev–Trinajstić information content (AvgIpc) is 3.18. The van der Waals surface area contributed by atoms with Crippen LogP contribution in [-0.4, -0.2) is 30.6 Å². The van der Waals surface area contributed by atoms with Gasteiger partial charge in [0.15, 0.2) is 0 Å². The van der Waals surface area contributed by atoms with E-state index in [1.165, 1.54) is 32.2 Å². The molecule has 1 aromatic rings. The van der Waals surface area contributed by atoms with Crippen LogP contribution in [-0.2, 0) is 0 Å². The lowest BCUT2D eigenvalue weighted by atomic mass is 10.3. The van der Waals surface area contributed by atoms with Crippen LogP contribution in [0.2, 0.25) is 0 Å². The molecule has 0 aliphatic heterocycles. The van der Waals surface area contributed by atoms with Gasteiger partial charge in [0.1, 0.15) is 12.4 Å². The highest BCUT2D eigenvalue weighted by molar-refractivity contribution is 5.43. The molecule has 1 aliphatic rings. The van der Waals surface area contributed by atoms with E-state index in [4.69, 9.17) is 10.5 Å². The molecule has 1 aliphatic carbocycles. The largest absolute Gasteiger partial charge is 0.492 e. The maximum atomic E-state index is 5.75. The van der Waals surface area contributed by atoms with Gasteiger partial charge >= 0.3 is 0 Å². The van der Waals surface area contributed by atoms with E-state index in [1.54, 1.807) is 0 Å². The molecule has 1 saturated carbocycles. The van der Waals surface area contributed by atoms with Crippen molar-refractivity contribution in [3.8, 4) is 5.75 Å². The zero-order chi connectivity index (χ0) is 12.8. The molecule has 3 heteroatoms. The van der Waals surface area contributed by atoms with Gasteiger partial charge in [0.05, 0.1) is 0 Å². The van der Waals surface area contributed by atoms with E-state index in [2.05, 4.69) is 11.8 Å². The summed E-state index contributed by atoms with van der Waals surface area (Å²) in [6.45, 7) is 5.24. The summed E-state index contributed by atoms with van der Waals surface area (Å²) in [6.07, 6.45) is 5.28. The van der Waals surface area contributed by atoms with Crippen molar-refractivity contribution in [1.82, 2.24) is 4.90 Å². The highest BCUT2D eigenvalue weighted by atomic mass is 16.5. The summed E-state index contributed by atoms with van der Waals surface area (Å²) < 4.78 is 5.75. The van der Waals surface area contributed by atoms with E-state index in [0.29, 0.717) is 0 Å². The Morgan fingerprint density at radius 3 is 2.83 bits per heavy atom. The summed E-state index contributed by atoms with van der Waals surface area (Å²) in [5.74, 6) is 0.876. The monoisotopic (exact) mass is 248 g/mol. The van der Waals surface area contributed by atoms with Crippen LogP contribution in [0.5, 0.6) is 5.75 Å². The number of hydrogen-bond donors (Lipinski definition) is 1. The normalized spacial score (nSPS) is 15.0. The highest BCUT2D eigenvalue weighted by Crippen LogP contribution is 2.26. The van der Waals surface area contributed by atoms with Crippen molar-refractivity contribution in [1.29, 1.82) is 0 Å². The van der Waals surface area contributed by atoms with Crippen molar-refractivity contribution >= 4 is 5.69 Å². The third kappa shape index (κ3) is 4.22. The molecule has 0 radical (unpaired) electrons. The molecule has 0 spiro atoms. The van der Waals surface area contributed by atoms with Crippen molar-refractivity contribution in [2.24, 2.45) is 0 Å². The van der Waals surface area contributed by atoms with E-state index in [0.717, 1.165) is 30.6 Å². The zero-order valence-corrected chi connectivity index (χ0v) is 11.3. The number of nitrogen functional groups attached to an aromatic ring is 1. The van der Waals surface area contributed by atoms with Crippen LogP contribution in [0.15, 0.2) is 24.3 Å². The van der Waals surface area contributed by atoms with E-state index < -0.39 is 0 Å². The van der Waals surface area contributed by atoms with Crippen LogP contribution >= 0.6 is 0 Å². The highest BCUT2D eigenvalue weighted by Gasteiger charge is 2.27. The van der Waals surface area contributed by atoms with Gasteiger partial charge in [-0.15, -0.1) is 0 Å². The minimum Gasteiger partial charge on any atom is -0.492 e. The second-order valence-corrected chi connectivity index (χ2v) is 5.04. The lowest BCUT2D eigenvalue weighted by Crippen LogP contribution is -2.31. The van der Waals surface area contributed by atoms with Crippen LogP contribution in [0.25, 0.3) is 0 Å². The van der Waals surface area contributed by atoms with Gasteiger partial charge in [0.2, 0.25) is 0 Å². The van der Waals surface area contributed by atoms with Crippen molar-refractivity contribution in [2.75, 3.05) is 25.4 Å². The van der Waals surface area contributed by atoms with Gasteiger partial charge < -0.3 is 10.5 Å². The second-order valence-electron chi connectivity index (χ2n) is 5.04. The molecule has 2 N–H and O–H groups in total. The first kappa shape index (κ1) is 13.2. The van der Waals surface area contributed by atoms with Gasteiger partial charge in [-0.1, -0.05) is 19.4 Å². The van der Waals surface area contributed by atoms with Crippen molar-refractivity contribution in [2.45, 2.75) is 38.6 Å². The molecule has 1 fully saturated rings. The van der Waals surface area contributed by atoms with Gasteiger partial charge in [-0.25, -0.2) is 0 Å². The van der Waals surface area contributed by atoms with E-state index >= 15 is 0 Å². The molecule has 1 aromatic carbocycles. The topological polar surface area (TPSA) is 38.5 Å². The number of nitrogens with zero attached hydrogens (tertiary/aromatic N) is 1. The third-order valence-electron chi connectivity index (χ3n) is 3.37. The Kier molecular flexibility index (Phi) is 4.88. The maximum Gasteiger partial charge on any atom is 0.121 e. The standard InChI is InChI=1S/C15H24N2O/c1-2-3-9-17(14-7-8-14)10-11-18-15-6-4-5-13(16)12-15/h4-6,12,14H,2-3,7-11,16H2,1H3. The maximum absolute atomic E-state index is 5.75. The number of hydrogen-bond acceptors (Lipinski definition) is 3. The number of unbranched alkanes of at least 4 members (excludes halogenated alkanes) is 1. The summed E-state index contributed by atoms with van der Waals surface area (Å²) in [5.41, 5.74) is 6.49. The van der Waals surface area contributed by atoms with E-state index in [9.17, 15) is 0 Å². The van der Waals surface area contributed by atoms with Gasteiger partial charge in [-0.3, -0.25) is 4.90 Å². The Balaban J connectivity index is 1.72. The molecular formula is C15H24N2O. The molecular weight excluding hydrogens is 224 g/mol. The number of rotatable bonds is 8. The van der Waals surface area contributed by atoms with Gasteiger partial charge in [0, 0.05) is 24.3 Å². The Morgan fingerprint density at radius 2 is 2.17 bits per heavy atom. The van der Waals surface area contributed by atoms with Crippen LogP contribution in [0, 0.1) is 0 Å². The first-order chi connectivity index (χ1) is 8.79. The number of ether oxygens (including phenoxy) is 1. The first-order valence-electron chi connectivity index (χ1n) is 7.02. The molecule has 100 valence electrons. The minimum absolute atomic E-state index is 0.754. The lowest BCUT2D eigenvalue weighted by Gasteiger charge is -2.21. The molecule has 0 aromatic heterocycles. The molecule has 0 amide bonds. The molecule has 0 saturated heterocycles. The fourth-order valence-electron chi connectivity index (χ4n) is 2.16. The molecule has 2 rings (SSSR count). The number of benzene rings is 1. The van der Waals surface area contributed by atoms with Crippen molar-refractivity contribution in [3.63, 3.8) is 0 Å². The van der Waals surface area contributed by atoms with Crippen molar-refractivity contribution < 1.29 is 4.74 Å². The zero-order valence-electron chi connectivity index (χ0n) is 11.3. The second kappa shape index (κ2) is 6.64. The SMILES string of the molecule is CCCCN(CCOc1cccc(N)c1)C1CC1. The molecule has 0 bridgehead atoms. The Morgan fingerprint density at radius 1 is 1.33 bits per heavy atom. The molecule has 0 atom stereocenters. The summed E-state index contributed by atoms with van der Waals surface area (Å²) in [7, 11) is 0. The summed E-state index contributed by atoms with van der Waals surface area (Å²) in [6, 6.07) is 8.48. The van der Waals surface area contributed by atoms with Gasteiger partial charge in [-0.2, -0.15) is 0 Å². The van der Waals surface area contributed by atoms with E-state index in [1.807, 2.05) is 24.3 Å². The van der Waals surface area contributed by atoms with Gasteiger partial charge in [0.25, 0.3) is 0 Å². The van der Waals surface area contributed by atoms with Crippen LogP contribution in [0.1, 0.15) is 32.6 Å². The van der Waals surface area contributed by atoms with E-state index in [-0.39, 0.29) is 0 Å². The summed E-state index contributed by atoms with van der Waals surface area (Å²) in [5, 5.41) is 0. The van der Waals surface area contributed by atoms with Crippen LogP contribution in [0.3, 0.4) is 0 Å².